The lowest BCUT2D eigenvalue weighted by Gasteiger charge is -2.11. The maximum atomic E-state index is 12.7. The first-order valence-corrected chi connectivity index (χ1v) is 11.1. The highest BCUT2D eigenvalue weighted by atomic mass is 16.5. The Balaban J connectivity index is 1.68. The lowest BCUT2D eigenvalue weighted by molar-refractivity contribution is -0.111. The van der Waals surface area contributed by atoms with Crippen LogP contribution in [0.15, 0.2) is 77.4 Å². The van der Waals surface area contributed by atoms with Crippen molar-refractivity contribution < 1.29 is 23.5 Å². The van der Waals surface area contributed by atoms with E-state index < -0.39 is 11.8 Å². The summed E-state index contributed by atoms with van der Waals surface area (Å²) in [6, 6.07) is 18.1. The molecule has 7 heteroatoms. The number of allylic oxidation sites excluding steroid dienone is 1. The molecule has 178 valence electrons. The number of anilines is 1. The van der Waals surface area contributed by atoms with E-state index in [1.807, 2.05) is 44.2 Å². The summed E-state index contributed by atoms with van der Waals surface area (Å²) < 4.78 is 16.9. The van der Waals surface area contributed by atoms with Crippen LogP contribution < -0.4 is 20.5 Å². The predicted octanol–water partition coefficient (Wildman–Crippen LogP) is 5.65. The molecule has 0 bridgehead atoms. The number of rotatable bonds is 8. The number of nitrogens with one attached hydrogen (secondary N) is 1. The fourth-order valence-corrected chi connectivity index (χ4v) is 3.90. The van der Waals surface area contributed by atoms with Gasteiger partial charge in [-0.1, -0.05) is 24.3 Å². The Morgan fingerprint density at radius 1 is 1.06 bits per heavy atom. The van der Waals surface area contributed by atoms with Crippen LogP contribution in [0.4, 0.5) is 5.69 Å². The number of carbonyl (C=O) groups is 2. The summed E-state index contributed by atoms with van der Waals surface area (Å²) in [6.45, 7) is 4.36. The zero-order chi connectivity index (χ0) is 24.9. The van der Waals surface area contributed by atoms with Gasteiger partial charge in [0.05, 0.1) is 31.2 Å². The molecule has 2 amide bonds. The molecular weight excluding hydrogens is 444 g/mol. The van der Waals surface area contributed by atoms with Gasteiger partial charge in [-0.05, 0) is 55.3 Å². The molecule has 0 saturated carbocycles. The highest BCUT2D eigenvalue weighted by molar-refractivity contribution is 6.09. The molecule has 3 aromatic carbocycles. The van der Waals surface area contributed by atoms with Gasteiger partial charge in [0.2, 0.25) is 5.91 Å². The van der Waals surface area contributed by atoms with Gasteiger partial charge in [-0.25, -0.2) is 0 Å². The number of nitrogens with two attached hydrogens (primary N) is 1. The van der Waals surface area contributed by atoms with Crippen LogP contribution in [0.1, 0.15) is 29.8 Å². The third-order valence-corrected chi connectivity index (χ3v) is 5.59. The molecule has 1 heterocycles. The van der Waals surface area contributed by atoms with Crippen LogP contribution in [0.2, 0.25) is 0 Å². The van der Waals surface area contributed by atoms with E-state index in [0.29, 0.717) is 29.2 Å². The molecule has 0 fully saturated rings. The van der Waals surface area contributed by atoms with Gasteiger partial charge in [0.1, 0.15) is 17.1 Å². The predicted molar refractivity (Wildman–Crippen MR) is 137 cm³/mol. The topological polar surface area (TPSA) is 104 Å². The van der Waals surface area contributed by atoms with Crippen LogP contribution in [0.5, 0.6) is 11.5 Å². The Labute approximate surface area is 203 Å². The second-order valence-electron chi connectivity index (χ2n) is 7.88. The smallest absolute Gasteiger partial charge is 0.250 e. The Bertz CT molecular complexity index is 1420. The van der Waals surface area contributed by atoms with Crippen LogP contribution in [-0.4, -0.2) is 25.5 Å². The molecule has 1 aromatic heterocycles. The first-order valence-electron chi connectivity index (χ1n) is 11.1. The zero-order valence-electron chi connectivity index (χ0n) is 19.8. The molecule has 7 nitrogen and oxygen atoms in total. The van der Waals surface area contributed by atoms with Crippen molar-refractivity contribution in [1.29, 1.82) is 0 Å². The molecule has 0 atom stereocenters. The van der Waals surface area contributed by atoms with Crippen LogP contribution in [0.25, 0.3) is 27.7 Å². The minimum Gasteiger partial charge on any atom is -0.496 e. The molecule has 0 radical (unpaired) electrons. The van der Waals surface area contributed by atoms with E-state index in [0.717, 1.165) is 27.8 Å². The summed E-state index contributed by atoms with van der Waals surface area (Å²) >= 11 is 0. The minimum absolute atomic E-state index is 0.240. The average Bonchev–Trinajstić information content (AvgIpc) is 3.27. The van der Waals surface area contributed by atoms with E-state index in [2.05, 4.69) is 5.32 Å². The third kappa shape index (κ3) is 5.04. The maximum Gasteiger partial charge on any atom is 0.250 e. The Morgan fingerprint density at radius 2 is 1.80 bits per heavy atom. The van der Waals surface area contributed by atoms with Crippen molar-refractivity contribution in [2.45, 2.75) is 13.8 Å². The van der Waals surface area contributed by atoms with E-state index in [4.69, 9.17) is 19.6 Å². The molecule has 0 aliphatic carbocycles. The van der Waals surface area contributed by atoms with Crippen molar-refractivity contribution in [1.82, 2.24) is 0 Å². The average molecular weight is 471 g/mol. The van der Waals surface area contributed by atoms with Crippen molar-refractivity contribution in [2.75, 3.05) is 19.0 Å². The number of amides is 2. The van der Waals surface area contributed by atoms with Crippen LogP contribution in [-0.2, 0) is 4.79 Å². The molecule has 0 saturated heterocycles. The number of furan rings is 1. The van der Waals surface area contributed by atoms with Crippen LogP contribution in [0, 0.1) is 0 Å². The maximum absolute atomic E-state index is 12.7. The van der Waals surface area contributed by atoms with Gasteiger partial charge in [-0.3, -0.25) is 9.59 Å². The first kappa shape index (κ1) is 23.6. The van der Waals surface area contributed by atoms with Gasteiger partial charge in [0.25, 0.3) is 5.91 Å². The number of methoxy groups -OCH3 is 1. The van der Waals surface area contributed by atoms with Gasteiger partial charge < -0.3 is 24.9 Å². The monoisotopic (exact) mass is 470 g/mol. The van der Waals surface area contributed by atoms with Gasteiger partial charge >= 0.3 is 0 Å². The molecule has 0 aliphatic rings. The highest BCUT2D eigenvalue weighted by Crippen LogP contribution is 2.37. The van der Waals surface area contributed by atoms with E-state index >= 15 is 0 Å². The van der Waals surface area contributed by atoms with Gasteiger partial charge in [0, 0.05) is 28.7 Å². The lowest BCUT2D eigenvalue weighted by Crippen LogP contribution is -2.17. The fourth-order valence-electron chi connectivity index (χ4n) is 3.90. The Morgan fingerprint density at radius 3 is 2.49 bits per heavy atom. The van der Waals surface area contributed by atoms with E-state index in [1.54, 1.807) is 43.7 Å². The summed E-state index contributed by atoms with van der Waals surface area (Å²) in [5, 5.41) is 3.61. The van der Waals surface area contributed by atoms with Crippen molar-refractivity contribution in [2.24, 2.45) is 5.73 Å². The van der Waals surface area contributed by atoms with Crippen molar-refractivity contribution in [3.8, 4) is 22.6 Å². The largest absolute Gasteiger partial charge is 0.496 e. The van der Waals surface area contributed by atoms with Gasteiger partial charge in [-0.2, -0.15) is 0 Å². The number of ether oxygens (including phenoxy) is 2. The molecule has 0 spiro atoms. The normalized spacial score (nSPS) is 11.3. The number of carbonyl (C=O) groups excluding carboxylic acids is 2. The van der Waals surface area contributed by atoms with Crippen LogP contribution >= 0.6 is 0 Å². The quantitative estimate of drug-likeness (QED) is 0.324. The molecule has 0 unspecified atom stereocenters. The first-order chi connectivity index (χ1) is 16.9. The second kappa shape index (κ2) is 10.2. The lowest BCUT2D eigenvalue weighted by atomic mass is 9.99. The summed E-state index contributed by atoms with van der Waals surface area (Å²) in [4.78, 5) is 24.4. The number of benzene rings is 3. The van der Waals surface area contributed by atoms with E-state index in [1.165, 1.54) is 6.08 Å². The third-order valence-electron chi connectivity index (χ3n) is 5.59. The van der Waals surface area contributed by atoms with Crippen molar-refractivity contribution in [3.63, 3.8) is 0 Å². The number of hydrogen-bond acceptors (Lipinski definition) is 5. The standard InChI is InChI=1S/C28H26N2O5/c1-4-34-19-11-9-18(10-12-19)23-16-35-26-15-25(33-3)21(14-22(23)26)17(2)13-27(31)30-24-8-6-5-7-20(24)28(29)32/h5-16H,4H2,1-3H3,(H2,29,32)(H,30,31)/b17-13+. The number of para-hydroxylation sites is 1. The number of fused-ring (bicyclic) bond motifs is 1. The van der Waals surface area contributed by atoms with Gasteiger partial charge in [0.15, 0.2) is 0 Å². The molecule has 3 N–H and O–H groups in total. The SMILES string of the molecule is CCOc1ccc(-c2coc3cc(OC)c(/C(C)=C/C(=O)Nc4ccccc4C(N)=O)cc23)cc1. The number of primary amides is 1. The zero-order valence-corrected chi connectivity index (χ0v) is 19.8. The summed E-state index contributed by atoms with van der Waals surface area (Å²) in [6.07, 6.45) is 3.16. The number of hydrogen-bond donors (Lipinski definition) is 2. The van der Waals surface area contributed by atoms with E-state index in [9.17, 15) is 9.59 Å². The molecule has 4 aromatic rings. The summed E-state index contributed by atoms with van der Waals surface area (Å²) in [5.74, 6) is 0.367. The minimum atomic E-state index is -0.615. The molecule has 4 rings (SSSR count). The van der Waals surface area contributed by atoms with Crippen LogP contribution in [0.3, 0.4) is 0 Å². The molecule has 0 aliphatic heterocycles. The van der Waals surface area contributed by atoms with Crippen molar-refractivity contribution in [3.05, 3.63) is 84.1 Å². The summed E-state index contributed by atoms with van der Waals surface area (Å²) in [5.41, 5.74) is 9.98. The molecular formula is C28H26N2O5. The van der Waals surface area contributed by atoms with Crippen molar-refractivity contribution >= 4 is 34.0 Å². The second-order valence-corrected chi connectivity index (χ2v) is 7.88. The highest BCUT2D eigenvalue weighted by Gasteiger charge is 2.16. The van der Waals surface area contributed by atoms with Gasteiger partial charge in [-0.15, -0.1) is 0 Å². The van der Waals surface area contributed by atoms with E-state index in [-0.39, 0.29) is 5.56 Å². The Kier molecular flexibility index (Phi) is 6.87. The molecule has 35 heavy (non-hydrogen) atoms. The summed E-state index contributed by atoms with van der Waals surface area (Å²) in [7, 11) is 1.57. The Hall–Kier alpha value is -4.52. The fraction of sp³-hybridized carbons (Fsp3) is 0.143.